The van der Waals surface area contributed by atoms with Crippen LogP contribution in [0.5, 0.6) is 0 Å². The van der Waals surface area contributed by atoms with E-state index in [2.05, 4.69) is 10.3 Å². The average molecular weight is 280 g/mol. The number of carbonyl (C=O) groups excluding carboxylic acids is 2. The molecule has 1 heterocycles. The van der Waals surface area contributed by atoms with Crippen molar-refractivity contribution < 1.29 is 19.4 Å². The number of hydrogen-bond donors (Lipinski definition) is 2. The van der Waals surface area contributed by atoms with E-state index in [1.165, 1.54) is 18.3 Å². The molecule has 0 aliphatic carbocycles. The van der Waals surface area contributed by atoms with Crippen LogP contribution in [0, 0.1) is 0 Å². The maximum absolute atomic E-state index is 11.8. The fourth-order valence-electron chi connectivity index (χ4n) is 1.64. The topological polar surface area (TPSA) is 88.5 Å². The number of esters is 1. The zero-order chi connectivity index (χ0) is 15.0. The van der Waals surface area contributed by atoms with Crippen LogP contribution in [0.3, 0.4) is 0 Å². The van der Waals surface area contributed by atoms with Gasteiger partial charge in [-0.3, -0.25) is 14.6 Å². The summed E-state index contributed by atoms with van der Waals surface area (Å²) in [6.45, 7) is 3.46. The van der Waals surface area contributed by atoms with E-state index in [4.69, 9.17) is 9.84 Å². The lowest BCUT2D eigenvalue weighted by Crippen LogP contribution is -2.32. The largest absolute Gasteiger partial charge is 0.461 e. The second kappa shape index (κ2) is 8.27. The number of aliphatic hydroxyl groups is 1. The van der Waals surface area contributed by atoms with Gasteiger partial charge in [0.25, 0.3) is 5.91 Å². The Morgan fingerprint density at radius 2 is 2.10 bits per heavy atom. The molecule has 0 bridgehead atoms. The van der Waals surface area contributed by atoms with Gasteiger partial charge in [-0.05, 0) is 25.0 Å². The minimum atomic E-state index is -0.455. The quantitative estimate of drug-likeness (QED) is 0.728. The molecule has 6 heteroatoms. The summed E-state index contributed by atoms with van der Waals surface area (Å²) in [5.41, 5.74) is 0.747. The minimum Gasteiger partial charge on any atom is -0.461 e. The molecule has 0 unspecified atom stereocenters. The summed E-state index contributed by atoms with van der Waals surface area (Å²) in [7, 11) is 0. The maximum atomic E-state index is 11.8. The third-order valence-electron chi connectivity index (χ3n) is 2.84. The number of aromatic nitrogens is 1. The maximum Gasteiger partial charge on any atom is 0.325 e. The summed E-state index contributed by atoms with van der Waals surface area (Å²) < 4.78 is 5.17. The predicted octanol–water partition coefficient (Wildman–Crippen LogP) is 1.04. The lowest BCUT2D eigenvalue weighted by molar-refractivity contribution is -0.148. The molecule has 0 atom stereocenters. The van der Waals surface area contributed by atoms with Crippen molar-refractivity contribution in [3.63, 3.8) is 0 Å². The number of amides is 1. The molecule has 1 aromatic heterocycles. The molecule has 1 amide bonds. The van der Waals surface area contributed by atoms with E-state index in [0.29, 0.717) is 11.3 Å². The minimum absolute atomic E-state index is 0.110. The second-order valence-electron chi connectivity index (χ2n) is 4.31. The molecule has 1 aromatic rings. The van der Waals surface area contributed by atoms with Crippen LogP contribution >= 0.6 is 0 Å². The van der Waals surface area contributed by atoms with Gasteiger partial charge < -0.3 is 15.2 Å². The highest BCUT2D eigenvalue weighted by Gasteiger charge is 2.13. The highest BCUT2D eigenvalue weighted by Crippen LogP contribution is 2.04. The van der Waals surface area contributed by atoms with Gasteiger partial charge in [0.15, 0.2) is 0 Å². The van der Waals surface area contributed by atoms with Gasteiger partial charge in [-0.1, -0.05) is 13.8 Å². The molecule has 1 rings (SSSR count). The number of ether oxygens (including phenoxy) is 1. The lowest BCUT2D eigenvalue weighted by atomic mass is 10.2. The van der Waals surface area contributed by atoms with E-state index in [9.17, 15) is 9.59 Å². The monoisotopic (exact) mass is 280 g/mol. The summed E-state index contributed by atoms with van der Waals surface area (Å²) in [5, 5.41) is 11.4. The molecule has 0 radical (unpaired) electrons. The Hall–Kier alpha value is -1.95. The molecular weight excluding hydrogens is 260 g/mol. The molecule has 110 valence electrons. The van der Waals surface area contributed by atoms with Crippen LogP contribution in [0.15, 0.2) is 18.3 Å². The fourth-order valence-corrected chi connectivity index (χ4v) is 1.64. The van der Waals surface area contributed by atoms with Crippen LogP contribution < -0.4 is 5.32 Å². The molecule has 0 saturated carbocycles. The summed E-state index contributed by atoms with van der Waals surface area (Å²) in [4.78, 5) is 27.2. The number of rotatable bonds is 7. The molecule has 0 aliphatic heterocycles. The van der Waals surface area contributed by atoms with E-state index < -0.39 is 11.9 Å². The first kappa shape index (κ1) is 16.1. The number of carbonyl (C=O) groups is 2. The highest BCUT2D eigenvalue weighted by molar-refractivity contribution is 5.95. The van der Waals surface area contributed by atoms with E-state index in [0.717, 1.165) is 12.8 Å². The van der Waals surface area contributed by atoms with Gasteiger partial charge >= 0.3 is 5.97 Å². The van der Waals surface area contributed by atoms with Gasteiger partial charge in [-0.2, -0.15) is 0 Å². The van der Waals surface area contributed by atoms with Crippen molar-refractivity contribution in [2.45, 2.75) is 39.4 Å². The summed E-state index contributed by atoms with van der Waals surface area (Å²) in [5.74, 6) is -0.855. The van der Waals surface area contributed by atoms with E-state index >= 15 is 0 Å². The first-order valence-electron chi connectivity index (χ1n) is 6.64. The van der Waals surface area contributed by atoms with Crippen LogP contribution in [-0.4, -0.2) is 34.6 Å². The van der Waals surface area contributed by atoms with Crippen molar-refractivity contribution in [3.8, 4) is 0 Å². The molecule has 0 aromatic carbocycles. The third kappa shape index (κ3) is 4.97. The van der Waals surface area contributed by atoms with Crippen LogP contribution in [0.25, 0.3) is 0 Å². The van der Waals surface area contributed by atoms with E-state index in [1.54, 1.807) is 0 Å². The summed E-state index contributed by atoms with van der Waals surface area (Å²) in [6, 6.07) is 2.99. The van der Waals surface area contributed by atoms with Gasteiger partial charge in [0.05, 0.1) is 12.3 Å². The Kier molecular flexibility index (Phi) is 6.66. The number of hydrogen-bond acceptors (Lipinski definition) is 5. The number of nitrogens with zero attached hydrogens (tertiary/aromatic N) is 1. The molecular formula is C14H20N2O4. The molecule has 0 spiro atoms. The fraction of sp³-hybridized carbons (Fsp3) is 0.500. The normalized spacial score (nSPS) is 10.4. The van der Waals surface area contributed by atoms with Crippen molar-refractivity contribution in [3.05, 3.63) is 29.6 Å². The first-order valence-corrected chi connectivity index (χ1v) is 6.64. The lowest BCUT2D eigenvalue weighted by Gasteiger charge is -2.14. The zero-order valence-electron chi connectivity index (χ0n) is 11.8. The number of nitrogens with one attached hydrogen (secondary N) is 1. The Morgan fingerprint density at radius 3 is 2.70 bits per heavy atom. The molecule has 2 N–H and O–H groups in total. The van der Waals surface area contributed by atoms with Gasteiger partial charge in [0, 0.05) is 11.8 Å². The molecule has 0 saturated heterocycles. The molecule has 6 nitrogen and oxygen atoms in total. The molecule has 0 fully saturated rings. The standard InChI is InChI=1S/C14H20N2O4/c1-3-12(4-2)20-13(18)8-16-14(19)10-5-6-15-11(7-10)9-17/h5-7,12,17H,3-4,8-9H2,1-2H3,(H,16,19). The number of aliphatic hydroxyl groups excluding tert-OH is 1. The van der Waals surface area contributed by atoms with Gasteiger partial charge in [0.2, 0.25) is 0 Å². The van der Waals surface area contributed by atoms with Gasteiger partial charge in [-0.15, -0.1) is 0 Å². The van der Waals surface area contributed by atoms with E-state index in [1.807, 2.05) is 13.8 Å². The Balaban J connectivity index is 2.48. The Bertz CT molecular complexity index is 458. The van der Waals surface area contributed by atoms with Crippen LogP contribution in [0.4, 0.5) is 0 Å². The van der Waals surface area contributed by atoms with E-state index in [-0.39, 0.29) is 19.3 Å². The number of pyridine rings is 1. The van der Waals surface area contributed by atoms with Crippen molar-refractivity contribution >= 4 is 11.9 Å². The Morgan fingerprint density at radius 1 is 1.40 bits per heavy atom. The van der Waals surface area contributed by atoms with Crippen LogP contribution in [-0.2, 0) is 16.1 Å². The SMILES string of the molecule is CCC(CC)OC(=O)CNC(=O)c1ccnc(CO)c1. The summed E-state index contributed by atoms with van der Waals surface area (Å²) >= 11 is 0. The second-order valence-corrected chi connectivity index (χ2v) is 4.31. The van der Waals surface area contributed by atoms with Crippen molar-refractivity contribution in [2.24, 2.45) is 0 Å². The summed E-state index contributed by atoms with van der Waals surface area (Å²) in [6.07, 6.45) is 2.82. The third-order valence-corrected chi connectivity index (χ3v) is 2.84. The van der Waals surface area contributed by atoms with Crippen LogP contribution in [0.1, 0.15) is 42.7 Å². The average Bonchev–Trinajstić information content (AvgIpc) is 2.50. The van der Waals surface area contributed by atoms with Crippen molar-refractivity contribution in [1.29, 1.82) is 0 Å². The predicted molar refractivity (Wildman–Crippen MR) is 73.0 cm³/mol. The van der Waals surface area contributed by atoms with Crippen molar-refractivity contribution in [1.82, 2.24) is 10.3 Å². The van der Waals surface area contributed by atoms with Crippen molar-refractivity contribution in [2.75, 3.05) is 6.54 Å². The highest BCUT2D eigenvalue weighted by atomic mass is 16.5. The van der Waals surface area contributed by atoms with Crippen LogP contribution in [0.2, 0.25) is 0 Å². The Labute approximate surface area is 118 Å². The smallest absolute Gasteiger partial charge is 0.325 e. The first-order chi connectivity index (χ1) is 9.60. The van der Waals surface area contributed by atoms with Gasteiger partial charge in [0.1, 0.15) is 12.6 Å². The molecule has 20 heavy (non-hydrogen) atoms. The zero-order valence-corrected chi connectivity index (χ0v) is 11.8. The van der Waals surface area contributed by atoms with Gasteiger partial charge in [-0.25, -0.2) is 0 Å². The molecule has 0 aliphatic rings.